The summed E-state index contributed by atoms with van der Waals surface area (Å²) in [5, 5.41) is 2.68. The largest absolute Gasteiger partial charge is 0.354 e. The Hall–Kier alpha value is -1.55. The number of benzene rings is 1. The summed E-state index contributed by atoms with van der Waals surface area (Å²) in [5.41, 5.74) is 2.97. The monoisotopic (exact) mass is 307 g/mol. The van der Waals surface area contributed by atoms with Gasteiger partial charge >= 0.3 is 0 Å². The lowest BCUT2D eigenvalue weighted by atomic mass is 10.2. The fraction of sp³-hybridized carbons (Fsp3) is 0.500. The Labute approximate surface area is 130 Å². The molecule has 1 N–H and O–H groups in total. The van der Waals surface area contributed by atoms with E-state index in [0.717, 1.165) is 28.8 Å². The Balaban J connectivity index is 2.51. The maximum absolute atomic E-state index is 12.3. The molecule has 0 aliphatic rings. The van der Waals surface area contributed by atoms with E-state index in [1.54, 1.807) is 0 Å². The molecule has 1 aromatic carbocycles. The molecule has 0 aliphatic heterocycles. The second-order valence-corrected chi connectivity index (χ2v) is 6.07. The minimum atomic E-state index is -0.334. The predicted octanol–water partition coefficient (Wildman–Crippen LogP) is 3.73. The standard InChI is InChI=1S/C16H22ClN3O/c1-5-8-18-16(21)12(4)20-14-9-10(2)6-7-13(14)19-15(20)11(3)17/h6-7,9,11-12H,5,8H2,1-4H3,(H,18,21). The highest BCUT2D eigenvalue weighted by molar-refractivity contribution is 6.20. The van der Waals surface area contributed by atoms with E-state index in [4.69, 9.17) is 11.6 Å². The zero-order chi connectivity index (χ0) is 15.6. The molecule has 114 valence electrons. The third kappa shape index (κ3) is 3.21. The number of nitrogens with zero attached hydrogens (tertiary/aromatic N) is 2. The number of hydrogen-bond acceptors (Lipinski definition) is 2. The van der Waals surface area contributed by atoms with Crippen LogP contribution in [0.25, 0.3) is 11.0 Å². The quantitative estimate of drug-likeness (QED) is 0.856. The predicted molar refractivity (Wildman–Crippen MR) is 86.7 cm³/mol. The third-order valence-electron chi connectivity index (χ3n) is 3.54. The highest BCUT2D eigenvalue weighted by Crippen LogP contribution is 2.28. The average Bonchev–Trinajstić information content (AvgIpc) is 2.82. The molecule has 1 aromatic heterocycles. The molecule has 0 fully saturated rings. The van der Waals surface area contributed by atoms with Crippen LogP contribution in [0.15, 0.2) is 18.2 Å². The highest BCUT2D eigenvalue weighted by Gasteiger charge is 2.23. The third-order valence-corrected chi connectivity index (χ3v) is 3.74. The molecule has 1 heterocycles. The Kier molecular flexibility index (Phi) is 4.88. The molecule has 0 saturated heterocycles. The zero-order valence-electron chi connectivity index (χ0n) is 13.0. The van der Waals surface area contributed by atoms with Crippen LogP contribution in [0.4, 0.5) is 0 Å². The van der Waals surface area contributed by atoms with Crippen molar-refractivity contribution in [2.24, 2.45) is 0 Å². The summed E-state index contributed by atoms with van der Waals surface area (Å²) in [6, 6.07) is 5.71. The maximum atomic E-state index is 12.3. The first kappa shape index (κ1) is 15.8. The lowest BCUT2D eigenvalue weighted by molar-refractivity contribution is -0.123. The summed E-state index contributed by atoms with van der Waals surface area (Å²) in [7, 11) is 0. The van der Waals surface area contributed by atoms with E-state index in [1.807, 2.05) is 44.4 Å². The fourth-order valence-electron chi connectivity index (χ4n) is 2.42. The van der Waals surface area contributed by atoms with Crippen LogP contribution in [0.2, 0.25) is 0 Å². The van der Waals surface area contributed by atoms with Gasteiger partial charge < -0.3 is 9.88 Å². The summed E-state index contributed by atoms with van der Waals surface area (Å²) >= 11 is 6.26. The molecule has 0 spiro atoms. The molecule has 1 amide bonds. The molecule has 0 aliphatic carbocycles. The molecule has 4 nitrogen and oxygen atoms in total. The van der Waals surface area contributed by atoms with Crippen molar-refractivity contribution in [3.63, 3.8) is 0 Å². The number of fused-ring (bicyclic) bond motifs is 1. The molecule has 5 heteroatoms. The second kappa shape index (κ2) is 6.48. The number of rotatable bonds is 5. The molecular weight excluding hydrogens is 286 g/mol. The molecule has 21 heavy (non-hydrogen) atoms. The second-order valence-electron chi connectivity index (χ2n) is 5.42. The molecule has 2 rings (SSSR count). The minimum absolute atomic E-state index is 0.00350. The Morgan fingerprint density at radius 2 is 2.14 bits per heavy atom. The first-order valence-corrected chi connectivity index (χ1v) is 7.79. The van der Waals surface area contributed by atoms with Crippen molar-refractivity contribution in [3.8, 4) is 0 Å². The van der Waals surface area contributed by atoms with E-state index in [2.05, 4.69) is 16.4 Å². The van der Waals surface area contributed by atoms with Gasteiger partial charge in [0.05, 0.1) is 16.4 Å². The first-order chi connectivity index (χ1) is 9.95. The van der Waals surface area contributed by atoms with Gasteiger partial charge in [-0.25, -0.2) is 4.98 Å². The van der Waals surface area contributed by atoms with Gasteiger partial charge in [-0.15, -0.1) is 11.6 Å². The zero-order valence-corrected chi connectivity index (χ0v) is 13.7. The smallest absolute Gasteiger partial charge is 0.242 e. The van der Waals surface area contributed by atoms with Gasteiger partial charge in [-0.05, 0) is 44.9 Å². The molecule has 2 atom stereocenters. The summed E-state index contributed by atoms with van der Waals surface area (Å²) < 4.78 is 1.95. The van der Waals surface area contributed by atoms with E-state index < -0.39 is 0 Å². The van der Waals surface area contributed by atoms with E-state index >= 15 is 0 Å². The number of aryl methyl sites for hydroxylation is 1. The number of halogens is 1. The highest BCUT2D eigenvalue weighted by atomic mass is 35.5. The lowest BCUT2D eigenvalue weighted by Gasteiger charge is -2.18. The Bertz CT molecular complexity index is 648. The number of imidazole rings is 1. The number of carbonyl (C=O) groups excluding carboxylic acids is 1. The molecular formula is C16H22ClN3O. The molecule has 0 radical (unpaired) electrons. The molecule has 2 aromatic rings. The van der Waals surface area contributed by atoms with Gasteiger partial charge in [0.25, 0.3) is 0 Å². The van der Waals surface area contributed by atoms with E-state index in [9.17, 15) is 4.79 Å². The van der Waals surface area contributed by atoms with Crippen LogP contribution in [-0.4, -0.2) is 22.0 Å². The van der Waals surface area contributed by atoms with Crippen LogP contribution in [0.5, 0.6) is 0 Å². The minimum Gasteiger partial charge on any atom is -0.354 e. The molecule has 2 unspecified atom stereocenters. The summed E-state index contributed by atoms with van der Waals surface area (Å²) in [6.45, 7) is 8.51. The number of carbonyl (C=O) groups is 1. The van der Waals surface area contributed by atoms with E-state index in [-0.39, 0.29) is 17.3 Å². The van der Waals surface area contributed by atoms with Gasteiger partial charge in [0.1, 0.15) is 11.9 Å². The van der Waals surface area contributed by atoms with Crippen LogP contribution in [0.3, 0.4) is 0 Å². The fourth-order valence-corrected chi connectivity index (χ4v) is 2.58. The Morgan fingerprint density at radius 3 is 2.76 bits per heavy atom. The van der Waals surface area contributed by atoms with Crippen LogP contribution < -0.4 is 5.32 Å². The molecule has 0 bridgehead atoms. The SMILES string of the molecule is CCCNC(=O)C(C)n1c(C(C)Cl)nc2ccc(C)cc21. The first-order valence-electron chi connectivity index (χ1n) is 7.36. The average molecular weight is 308 g/mol. The number of hydrogen-bond donors (Lipinski definition) is 1. The number of aromatic nitrogens is 2. The molecule has 0 saturated carbocycles. The number of nitrogens with one attached hydrogen (secondary N) is 1. The van der Waals surface area contributed by atoms with Gasteiger partial charge in [-0.2, -0.15) is 0 Å². The van der Waals surface area contributed by atoms with Gasteiger partial charge in [-0.3, -0.25) is 4.79 Å². The van der Waals surface area contributed by atoms with Crippen LogP contribution in [0.1, 0.15) is 50.0 Å². The van der Waals surface area contributed by atoms with Crippen molar-refractivity contribution >= 4 is 28.5 Å². The normalized spacial score (nSPS) is 14.1. The van der Waals surface area contributed by atoms with Crippen LogP contribution in [-0.2, 0) is 4.79 Å². The van der Waals surface area contributed by atoms with Crippen molar-refractivity contribution in [2.75, 3.05) is 6.54 Å². The van der Waals surface area contributed by atoms with Crippen molar-refractivity contribution in [1.29, 1.82) is 0 Å². The van der Waals surface area contributed by atoms with E-state index in [0.29, 0.717) is 6.54 Å². The van der Waals surface area contributed by atoms with Crippen molar-refractivity contribution in [2.45, 2.75) is 45.5 Å². The van der Waals surface area contributed by atoms with Gasteiger partial charge in [-0.1, -0.05) is 13.0 Å². The number of alkyl halides is 1. The van der Waals surface area contributed by atoms with Crippen molar-refractivity contribution in [1.82, 2.24) is 14.9 Å². The van der Waals surface area contributed by atoms with E-state index in [1.165, 1.54) is 0 Å². The summed E-state index contributed by atoms with van der Waals surface area (Å²) in [4.78, 5) is 16.9. The van der Waals surface area contributed by atoms with Crippen LogP contribution >= 0.6 is 11.6 Å². The van der Waals surface area contributed by atoms with Gasteiger partial charge in [0.15, 0.2) is 0 Å². The van der Waals surface area contributed by atoms with Crippen molar-refractivity contribution in [3.05, 3.63) is 29.6 Å². The van der Waals surface area contributed by atoms with Crippen LogP contribution in [0, 0.1) is 6.92 Å². The van der Waals surface area contributed by atoms with Crippen molar-refractivity contribution < 1.29 is 4.79 Å². The Morgan fingerprint density at radius 1 is 1.43 bits per heavy atom. The maximum Gasteiger partial charge on any atom is 0.242 e. The summed E-state index contributed by atoms with van der Waals surface area (Å²) in [5.74, 6) is 0.729. The topological polar surface area (TPSA) is 46.9 Å². The van der Waals surface area contributed by atoms with Gasteiger partial charge in [0.2, 0.25) is 5.91 Å². The summed E-state index contributed by atoms with van der Waals surface area (Å²) in [6.07, 6.45) is 0.918. The number of amides is 1. The lowest BCUT2D eigenvalue weighted by Crippen LogP contribution is -2.32. The van der Waals surface area contributed by atoms with Gasteiger partial charge in [0, 0.05) is 6.54 Å².